The molecule has 8 heteroatoms. The molecule has 0 aliphatic carbocycles. The zero-order valence-electron chi connectivity index (χ0n) is 14.0. The van der Waals surface area contributed by atoms with Crippen LogP contribution in [0.4, 0.5) is 5.82 Å². The normalized spacial score (nSPS) is 14.5. The molecule has 0 N–H and O–H groups in total. The van der Waals surface area contributed by atoms with Crippen LogP contribution in [-0.4, -0.2) is 56.7 Å². The van der Waals surface area contributed by atoms with Crippen LogP contribution in [0, 0.1) is 0 Å². The number of carbonyl (C=O) groups excluding carboxylic acids is 1. The van der Waals surface area contributed by atoms with Gasteiger partial charge in [-0.1, -0.05) is 11.6 Å². The summed E-state index contributed by atoms with van der Waals surface area (Å²) in [6.07, 6.45) is 5.21. The Kier molecular flexibility index (Phi) is 4.53. The summed E-state index contributed by atoms with van der Waals surface area (Å²) in [6, 6.07) is 10.9. The number of piperazine rings is 1. The van der Waals surface area contributed by atoms with E-state index in [1.807, 2.05) is 23.2 Å². The summed E-state index contributed by atoms with van der Waals surface area (Å²) in [6.45, 7) is 2.73. The van der Waals surface area contributed by atoms with Gasteiger partial charge in [-0.25, -0.2) is 4.98 Å². The molecule has 26 heavy (non-hydrogen) atoms. The van der Waals surface area contributed by atoms with Crippen molar-refractivity contribution in [2.45, 2.75) is 0 Å². The Hall–Kier alpha value is -2.93. The topological polar surface area (TPSA) is 67.2 Å². The molecule has 1 aromatic carbocycles. The monoisotopic (exact) mass is 368 g/mol. The van der Waals surface area contributed by atoms with Gasteiger partial charge in [0.25, 0.3) is 5.91 Å². The molecule has 1 saturated heterocycles. The van der Waals surface area contributed by atoms with Gasteiger partial charge in [0.15, 0.2) is 11.6 Å². The quantitative estimate of drug-likeness (QED) is 0.709. The van der Waals surface area contributed by atoms with Crippen molar-refractivity contribution < 1.29 is 4.79 Å². The number of carbonyl (C=O) groups is 1. The van der Waals surface area contributed by atoms with Crippen molar-refractivity contribution >= 4 is 23.3 Å². The summed E-state index contributed by atoms with van der Waals surface area (Å²) in [5.74, 6) is 1.57. The second-order valence-electron chi connectivity index (χ2n) is 6.01. The van der Waals surface area contributed by atoms with Crippen molar-refractivity contribution in [3.05, 3.63) is 65.7 Å². The molecule has 0 radical (unpaired) electrons. The zero-order chi connectivity index (χ0) is 17.9. The van der Waals surface area contributed by atoms with Gasteiger partial charge in [0.2, 0.25) is 0 Å². The molecule has 3 heterocycles. The van der Waals surface area contributed by atoms with Crippen molar-refractivity contribution in [1.82, 2.24) is 24.6 Å². The molecule has 0 atom stereocenters. The lowest BCUT2D eigenvalue weighted by molar-refractivity contribution is 0.0746. The molecule has 2 aromatic heterocycles. The van der Waals surface area contributed by atoms with Crippen LogP contribution in [0.5, 0.6) is 0 Å². The lowest BCUT2D eigenvalue weighted by Crippen LogP contribution is -2.49. The van der Waals surface area contributed by atoms with Crippen LogP contribution in [-0.2, 0) is 0 Å². The van der Waals surface area contributed by atoms with E-state index >= 15 is 0 Å². The number of rotatable bonds is 3. The molecule has 3 aromatic rings. The number of hydrogen-bond acceptors (Lipinski definition) is 5. The fraction of sp³-hybridized carbons (Fsp3) is 0.222. The Morgan fingerprint density at radius 2 is 1.62 bits per heavy atom. The molecule has 132 valence electrons. The summed E-state index contributed by atoms with van der Waals surface area (Å²) in [5.41, 5.74) is 0.660. The summed E-state index contributed by atoms with van der Waals surface area (Å²) in [7, 11) is 0. The van der Waals surface area contributed by atoms with Crippen molar-refractivity contribution in [3.63, 3.8) is 0 Å². The van der Waals surface area contributed by atoms with Crippen LogP contribution in [0.3, 0.4) is 0 Å². The summed E-state index contributed by atoms with van der Waals surface area (Å²) in [5, 5.41) is 9.18. The fourth-order valence-corrected chi connectivity index (χ4v) is 3.06. The fourth-order valence-electron chi connectivity index (χ4n) is 2.93. The SMILES string of the molecule is O=C(c1ccc(Cl)cc1)N1CCN(c2ccc(-n3ccnc3)nn2)CC1. The van der Waals surface area contributed by atoms with E-state index in [4.69, 9.17) is 11.6 Å². The highest BCUT2D eigenvalue weighted by Gasteiger charge is 2.23. The van der Waals surface area contributed by atoms with E-state index in [1.54, 1.807) is 41.4 Å². The summed E-state index contributed by atoms with van der Waals surface area (Å²) >= 11 is 5.88. The average molecular weight is 369 g/mol. The van der Waals surface area contributed by atoms with E-state index in [1.165, 1.54) is 0 Å². The molecule has 1 fully saturated rings. The lowest BCUT2D eigenvalue weighted by atomic mass is 10.2. The molecule has 0 saturated carbocycles. The highest BCUT2D eigenvalue weighted by atomic mass is 35.5. The second kappa shape index (κ2) is 7.13. The van der Waals surface area contributed by atoms with Crippen LogP contribution >= 0.6 is 11.6 Å². The maximum absolute atomic E-state index is 12.6. The Balaban J connectivity index is 1.39. The first-order valence-electron chi connectivity index (χ1n) is 8.32. The van der Waals surface area contributed by atoms with Crippen molar-refractivity contribution in [3.8, 4) is 5.82 Å². The Morgan fingerprint density at radius 1 is 0.923 bits per heavy atom. The van der Waals surface area contributed by atoms with E-state index in [2.05, 4.69) is 20.1 Å². The minimum Gasteiger partial charge on any atom is -0.352 e. The number of halogens is 1. The highest BCUT2D eigenvalue weighted by Crippen LogP contribution is 2.16. The number of nitrogens with zero attached hydrogens (tertiary/aromatic N) is 6. The summed E-state index contributed by atoms with van der Waals surface area (Å²) in [4.78, 5) is 20.6. The van der Waals surface area contributed by atoms with E-state index in [9.17, 15) is 4.79 Å². The molecule has 4 rings (SSSR count). The van der Waals surface area contributed by atoms with Gasteiger partial charge in [-0.3, -0.25) is 9.36 Å². The number of anilines is 1. The number of benzene rings is 1. The van der Waals surface area contributed by atoms with E-state index < -0.39 is 0 Å². The number of imidazole rings is 1. The number of amides is 1. The first kappa shape index (κ1) is 16.5. The Labute approximate surface area is 155 Å². The van der Waals surface area contributed by atoms with Gasteiger partial charge in [-0.15, -0.1) is 10.2 Å². The molecule has 0 bridgehead atoms. The molecule has 0 unspecified atom stereocenters. The van der Waals surface area contributed by atoms with Gasteiger partial charge in [0.1, 0.15) is 6.33 Å². The molecule has 7 nitrogen and oxygen atoms in total. The molecular formula is C18H17ClN6O. The molecular weight excluding hydrogens is 352 g/mol. The largest absolute Gasteiger partial charge is 0.352 e. The van der Waals surface area contributed by atoms with Crippen LogP contribution in [0.2, 0.25) is 5.02 Å². The van der Waals surface area contributed by atoms with Gasteiger partial charge in [0.05, 0.1) is 0 Å². The Bertz CT molecular complexity index is 871. The van der Waals surface area contributed by atoms with Crippen LogP contribution in [0.1, 0.15) is 10.4 Å². The number of hydrogen-bond donors (Lipinski definition) is 0. The lowest BCUT2D eigenvalue weighted by Gasteiger charge is -2.35. The third-order valence-corrected chi connectivity index (χ3v) is 4.64. The van der Waals surface area contributed by atoms with Crippen molar-refractivity contribution in [2.24, 2.45) is 0 Å². The van der Waals surface area contributed by atoms with Gasteiger partial charge in [0, 0.05) is 49.2 Å². The standard InChI is InChI=1S/C18H17ClN6O/c19-15-3-1-14(2-4-15)18(26)24-11-9-23(10-12-24)16-5-6-17(22-21-16)25-8-7-20-13-25/h1-8,13H,9-12H2. The average Bonchev–Trinajstić information content (AvgIpc) is 3.23. The van der Waals surface area contributed by atoms with Gasteiger partial charge in [-0.05, 0) is 36.4 Å². The van der Waals surface area contributed by atoms with E-state index in [0.717, 1.165) is 24.7 Å². The molecule has 0 spiro atoms. The van der Waals surface area contributed by atoms with Crippen LogP contribution < -0.4 is 4.90 Å². The predicted octanol–water partition coefficient (Wildman–Crippen LogP) is 2.28. The summed E-state index contributed by atoms with van der Waals surface area (Å²) < 4.78 is 1.81. The molecule has 1 aliphatic heterocycles. The first-order chi connectivity index (χ1) is 12.7. The van der Waals surface area contributed by atoms with Crippen molar-refractivity contribution in [2.75, 3.05) is 31.1 Å². The van der Waals surface area contributed by atoms with Crippen molar-refractivity contribution in [1.29, 1.82) is 0 Å². The predicted molar refractivity (Wildman–Crippen MR) is 98.7 cm³/mol. The third kappa shape index (κ3) is 3.39. The second-order valence-corrected chi connectivity index (χ2v) is 6.44. The molecule has 1 amide bonds. The Morgan fingerprint density at radius 3 is 2.23 bits per heavy atom. The first-order valence-corrected chi connectivity index (χ1v) is 8.70. The minimum absolute atomic E-state index is 0.0304. The maximum atomic E-state index is 12.6. The highest BCUT2D eigenvalue weighted by molar-refractivity contribution is 6.30. The van der Waals surface area contributed by atoms with E-state index in [0.29, 0.717) is 23.7 Å². The smallest absolute Gasteiger partial charge is 0.253 e. The maximum Gasteiger partial charge on any atom is 0.253 e. The van der Waals surface area contributed by atoms with Gasteiger partial charge >= 0.3 is 0 Å². The van der Waals surface area contributed by atoms with Crippen LogP contribution in [0.15, 0.2) is 55.1 Å². The van der Waals surface area contributed by atoms with Crippen LogP contribution in [0.25, 0.3) is 5.82 Å². The van der Waals surface area contributed by atoms with E-state index in [-0.39, 0.29) is 5.91 Å². The number of aromatic nitrogens is 4. The van der Waals surface area contributed by atoms with Gasteiger partial charge < -0.3 is 9.80 Å². The molecule has 1 aliphatic rings. The third-order valence-electron chi connectivity index (χ3n) is 4.39. The minimum atomic E-state index is 0.0304. The zero-order valence-corrected chi connectivity index (χ0v) is 14.8. The van der Waals surface area contributed by atoms with Gasteiger partial charge in [-0.2, -0.15) is 0 Å².